The van der Waals surface area contributed by atoms with Crippen LogP contribution in [0.2, 0.25) is 0 Å². The maximum atomic E-state index is 12.1. The molecule has 0 atom stereocenters. The zero-order chi connectivity index (χ0) is 17.1. The molecular formula is C18H17N3O3. The zero-order valence-corrected chi connectivity index (χ0v) is 13.4. The van der Waals surface area contributed by atoms with Gasteiger partial charge in [-0.2, -0.15) is 0 Å². The first-order chi connectivity index (χ1) is 11.5. The van der Waals surface area contributed by atoms with E-state index in [0.29, 0.717) is 12.3 Å². The van der Waals surface area contributed by atoms with Crippen LogP contribution in [0.5, 0.6) is 0 Å². The van der Waals surface area contributed by atoms with Crippen molar-refractivity contribution in [3.63, 3.8) is 0 Å². The molecule has 0 aliphatic rings. The van der Waals surface area contributed by atoms with Crippen molar-refractivity contribution in [2.75, 3.05) is 0 Å². The van der Waals surface area contributed by atoms with E-state index in [-0.39, 0.29) is 11.2 Å². The molecule has 0 radical (unpaired) electrons. The minimum absolute atomic E-state index is 0.0191. The van der Waals surface area contributed by atoms with Crippen LogP contribution in [0.25, 0.3) is 5.69 Å². The Morgan fingerprint density at radius 1 is 1.21 bits per heavy atom. The molecule has 6 nitrogen and oxygen atoms in total. The van der Waals surface area contributed by atoms with Crippen LogP contribution < -0.4 is 10.7 Å². The van der Waals surface area contributed by atoms with Crippen molar-refractivity contribution < 1.29 is 9.21 Å². The van der Waals surface area contributed by atoms with E-state index in [1.165, 1.54) is 12.1 Å². The number of imidazole rings is 1. The van der Waals surface area contributed by atoms with Crippen molar-refractivity contribution >= 4 is 5.91 Å². The van der Waals surface area contributed by atoms with Crippen LogP contribution in [-0.4, -0.2) is 15.5 Å². The quantitative estimate of drug-likeness (QED) is 0.799. The Morgan fingerprint density at radius 2 is 1.96 bits per heavy atom. The van der Waals surface area contributed by atoms with Crippen molar-refractivity contribution in [1.29, 1.82) is 0 Å². The molecule has 0 aliphatic heterocycles. The average Bonchev–Trinajstić information content (AvgIpc) is 2.98. The van der Waals surface area contributed by atoms with E-state index in [2.05, 4.69) is 10.3 Å². The Kier molecular flexibility index (Phi) is 4.29. The van der Waals surface area contributed by atoms with Gasteiger partial charge in [-0.15, -0.1) is 0 Å². The summed E-state index contributed by atoms with van der Waals surface area (Å²) in [5.41, 5.74) is 1.70. The number of carbonyl (C=O) groups is 1. The van der Waals surface area contributed by atoms with E-state index >= 15 is 0 Å². The molecule has 0 spiro atoms. The second-order valence-corrected chi connectivity index (χ2v) is 5.46. The van der Waals surface area contributed by atoms with Crippen LogP contribution in [0, 0.1) is 13.8 Å². The molecular weight excluding hydrogens is 306 g/mol. The largest absolute Gasteiger partial charge is 0.456 e. The second kappa shape index (κ2) is 6.54. The number of rotatable bonds is 4. The number of hydrogen-bond acceptors (Lipinski definition) is 4. The summed E-state index contributed by atoms with van der Waals surface area (Å²) in [5.74, 6) is 0.925. The third-order valence-corrected chi connectivity index (χ3v) is 3.61. The van der Waals surface area contributed by atoms with Crippen molar-refractivity contribution in [3.05, 3.63) is 81.9 Å². The molecule has 122 valence electrons. The number of aromatic nitrogens is 2. The van der Waals surface area contributed by atoms with Crippen LogP contribution in [0.1, 0.15) is 27.7 Å². The van der Waals surface area contributed by atoms with E-state index in [1.54, 1.807) is 13.1 Å². The number of amides is 1. The number of nitrogens with one attached hydrogen (secondary N) is 1. The molecule has 0 bridgehead atoms. The number of carbonyl (C=O) groups excluding carboxylic acids is 1. The van der Waals surface area contributed by atoms with Crippen molar-refractivity contribution in [1.82, 2.24) is 14.9 Å². The molecule has 1 aromatic carbocycles. The second-order valence-electron chi connectivity index (χ2n) is 5.46. The molecule has 0 aliphatic carbocycles. The third-order valence-electron chi connectivity index (χ3n) is 3.61. The number of aryl methyl sites for hydroxylation is 2. The Labute approximate surface area is 138 Å². The first-order valence-electron chi connectivity index (χ1n) is 7.52. The lowest BCUT2D eigenvalue weighted by Gasteiger charge is -2.08. The van der Waals surface area contributed by atoms with Gasteiger partial charge in [-0.25, -0.2) is 4.98 Å². The van der Waals surface area contributed by atoms with E-state index in [1.807, 2.05) is 42.0 Å². The normalized spacial score (nSPS) is 10.6. The average molecular weight is 323 g/mol. The Bertz CT molecular complexity index is 923. The van der Waals surface area contributed by atoms with Gasteiger partial charge >= 0.3 is 0 Å². The van der Waals surface area contributed by atoms with Gasteiger partial charge in [0.05, 0.1) is 0 Å². The van der Waals surface area contributed by atoms with Gasteiger partial charge in [0.25, 0.3) is 5.91 Å². The molecule has 3 aromatic rings. The SMILES string of the molecule is Cc1cc(=O)cc(C(=O)NCc2ccc(-n3ccnc3C)cc2)o1. The van der Waals surface area contributed by atoms with E-state index in [4.69, 9.17) is 4.42 Å². The molecule has 0 saturated heterocycles. The third kappa shape index (κ3) is 3.43. The van der Waals surface area contributed by atoms with Crippen molar-refractivity contribution in [2.24, 2.45) is 0 Å². The van der Waals surface area contributed by atoms with Crippen molar-refractivity contribution in [3.8, 4) is 5.69 Å². The molecule has 2 aromatic heterocycles. The van der Waals surface area contributed by atoms with E-state index < -0.39 is 5.91 Å². The van der Waals surface area contributed by atoms with Gasteiger partial charge in [0.15, 0.2) is 11.2 Å². The Hall–Kier alpha value is -3.15. The predicted molar refractivity (Wildman–Crippen MR) is 89.2 cm³/mol. The first-order valence-corrected chi connectivity index (χ1v) is 7.52. The fourth-order valence-corrected chi connectivity index (χ4v) is 2.41. The van der Waals surface area contributed by atoms with E-state index in [9.17, 15) is 9.59 Å². The smallest absolute Gasteiger partial charge is 0.287 e. The summed E-state index contributed by atoms with van der Waals surface area (Å²) in [4.78, 5) is 27.7. The molecule has 24 heavy (non-hydrogen) atoms. The summed E-state index contributed by atoms with van der Waals surface area (Å²) in [5, 5.41) is 2.74. The van der Waals surface area contributed by atoms with Gasteiger partial charge in [-0.05, 0) is 31.5 Å². The lowest BCUT2D eigenvalue weighted by atomic mass is 10.2. The highest BCUT2D eigenvalue weighted by Gasteiger charge is 2.10. The summed E-state index contributed by atoms with van der Waals surface area (Å²) in [6.45, 7) is 3.92. The summed E-state index contributed by atoms with van der Waals surface area (Å²) in [6, 6.07) is 10.3. The van der Waals surface area contributed by atoms with Gasteiger partial charge in [-0.1, -0.05) is 12.1 Å². The minimum atomic E-state index is -0.412. The van der Waals surface area contributed by atoms with E-state index in [0.717, 1.165) is 17.1 Å². The molecule has 6 heteroatoms. The summed E-state index contributed by atoms with van der Waals surface area (Å²) < 4.78 is 7.24. The first kappa shape index (κ1) is 15.7. The van der Waals surface area contributed by atoms with Crippen LogP contribution in [0.15, 0.2) is 58.0 Å². The topological polar surface area (TPSA) is 77.1 Å². The Balaban J connectivity index is 1.67. The van der Waals surface area contributed by atoms with Gasteiger partial charge in [-0.3, -0.25) is 9.59 Å². The minimum Gasteiger partial charge on any atom is -0.456 e. The number of nitrogens with zero attached hydrogens (tertiary/aromatic N) is 2. The number of hydrogen-bond donors (Lipinski definition) is 1. The molecule has 3 rings (SSSR count). The maximum absolute atomic E-state index is 12.1. The monoisotopic (exact) mass is 323 g/mol. The van der Waals surface area contributed by atoms with Crippen LogP contribution in [0.4, 0.5) is 0 Å². The summed E-state index contributed by atoms with van der Waals surface area (Å²) >= 11 is 0. The highest BCUT2D eigenvalue weighted by molar-refractivity contribution is 5.91. The molecule has 0 saturated carbocycles. The Morgan fingerprint density at radius 3 is 2.58 bits per heavy atom. The summed E-state index contributed by atoms with van der Waals surface area (Å²) in [7, 11) is 0. The standard InChI is InChI=1S/C18H17N3O3/c1-12-9-16(22)10-17(24-12)18(23)20-11-14-3-5-15(6-4-14)21-8-7-19-13(21)2/h3-10H,11H2,1-2H3,(H,20,23). The van der Waals surface area contributed by atoms with Gasteiger partial charge in [0.1, 0.15) is 11.6 Å². The molecule has 1 N–H and O–H groups in total. The molecule has 2 heterocycles. The molecule has 0 unspecified atom stereocenters. The van der Waals surface area contributed by atoms with Crippen LogP contribution >= 0.6 is 0 Å². The lowest BCUT2D eigenvalue weighted by molar-refractivity contribution is 0.0919. The summed E-state index contributed by atoms with van der Waals surface area (Å²) in [6.07, 6.45) is 3.64. The highest BCUT2D eigenvalue weighted by atomic mass is 16.3. The maximum Gasteiger partial charge on any atom is 0.287 e. The van der Waals surface area contributed by atoms with Crippen LogP contribution in [0.3, 0.4) is 0 Å². The van der Waals surface area contributed by atoms with Gasteiger partial charge in [0.2, 0.25) is 0 Å². The predicted octanol–water partition coefficient (Wildman–Crippen LogP) is 2.37. The zero-order valence-electron chi connectivity index (χ0n) is 13.4. The fourth-order valence-electron chi connectivity index (χ4n) is 2.41. The molecule has 1 amide bonds. The van der Waals surface area contributed by atoms with Gasteiger partial charge in [0, 0.05) is 36.8 Å². The lowest BCUT2D eigenvalue weighted by Crippen LogP contribution is -2.24. The van der Waals surface area contributed by atoms with Gasteiger partial charge < -0.3 is 14.3 Å². The van der Waals surface area contributed by atoms with Crippen molar-refractivity contribution in [2.45, 2.75) is 20.4 Å². The molecule has 0 fully saturated rings. The highest BCUT2D eigenvalue weighted by Crippen LogP contribution is 2.12. The number of benzene rings is 1. The van der Waals surface area contributed by atoms with Crippen LogP contribution in [-0.2, 0) is 6.54 Å². The fraction of sp³-hybridized carbons (Fsp3) is 0.167.